The first kappa shape index (κ1) is 22.0. The first-order chi connectivity index (χ1) is 12.2. The Morgan fingerprint density at radius 3 is 1.96 bits per heavy atom. The summed E-state index contributed by atoms with van der Waals surface area (Å²) in [5, 5.41) is 10.0. The number of fused-ring (bicyclic) bond motifs is 4. The summed E-state index contributed by atoms with van der Waals surface area (Å²) < 4.78 is 32.1. The molecule has 4 fully saturated rings. The summed E-state index contributed by atoms with van der Waals surface area (Å²) in [4.78, 5) is 11.9. The molecule has 0 aromatic rings. The number of hydrogen-bond donors (Lipinski definition) is 2. The SMILES string of the molecule is CC1(C)C2CCC1(CI)C(O)C2.CC1(C)C2CCC1(CS(=O)(=O)O)C(=O)C2. The van der Waals surface area contributed by atoms with E-state index in [2.05, 4.69) is 36.4 Å². The molecular formula is C20H33IO5S. The summed E-state index contributed by atoms with van der Waals surface area (Å²) in [7, 11) is -4.08. The molecule has 2 N–H and O–H groups in total. The lowest BCUT2D eigenvalue weighted by atomic mass is 9.70. The molecule has 4 aliphatic carbocycles. The van der Waals surface area contributed by atoms with Crippen molar-refractivity contribution in [1.29, 1.82) is 0 Å². The van der Waals surface area contributed by atoms with Gasteiger partial charge in [-0.2, -0.15) is 8.42 Å². The van der Waals surface area contributed by atoms with E-state index in [4.69, 9.17) is 4.55 Å². The van der Waals surface area contributed by atoms with E-state index in [1.165, 1.54) is 12.8 Å². The van der Waals surface area contributed by atoms with Gasteiger partial charge in [-0.1, -0.05) is 50.3 Å². The molecule has 156 valence electrons. The number of hydrogen-bond acceptors (Lipinski definition) is 4. The van der Waals surface area contributed by atoms with Crippen molar-refractivity contribution >= 4 is 38.5 Å². The van der Waals surface area contributed by atoms with E-state index in [0.29, 0.717) is 18.3 Å². The predicted molar refractivity (Wildman–Crippen MR) is 113 cm³/mol. The van der Waals surface area contributed by atoms with Crippen LogP contribution in [0.25, 0.3) is 0 Å². The lowest BCUT2D eigenvalue weighted by molar-refractivity contribution is -0.128. The Kier molecular flexibility index (Phi) is 5.40. The van der Waals surface area contributed by atoms with E-state index < -0.39 is 21.3 Å². The fourth-order valence-electron chi connectivity index (χ4n) is 6.77. The van der Waals surface area contributed by atoms with Gasteiger partial charge >= 0.3 is 0 Å². The fraction of sp³-hybridized carbons (Fsp3) is 0.950. The number of carbonyl (C=O) groups excluding carboxylic acids is 1. The molecular weight excluding hydrogens is 479 g/mol. The zero-order valence-corrected chi connectivity index (χ0v) is 19.8. The smallest absolute Gasteiger partial charge is 0.265 e. The lowest BCUT2D eigenvalue weighted by Crippen LogP contribution is -2.42. The highest BCUT2D eigenvalue weighted by molar-refractivity contribution is 14.1. The van der Waals surface area contributed by atoms with Gasteiger partial charge in [0, 0.05) is 16.3 Å². The quantitative estimate of drug-likeness (QED) is 0.340. The number of rotatable bonds is 3. The number of aliphatic hydroxyl groups is 1. The molecule has 5 unspecified atom stereocenters. The van der Waals surface area contributed by atoms with E-state index in [9.17, 15) is 18.3 Å². The largest absolute Gasteiger partial charge is 0.392 e. The minimum atomic E-state index is -4.08. The second-order valence-corrected chi connectivity index (χ2v) is 12.6. The van der Waals surface area contributed by atoms with Crippen LogP contribution in [-0.4, -0.2) is 40.1 Å². The summed E-state index contributed by atoms with van der Waals surface area (Å²) in [6, 6.07) is 0. The van der Waals surface area contributed by atoms with Gasteiger partial charge in [-0.25, -0.2) is 0 Å². The Morgan fingerprint density at radius 2 is 1.67 bits per heavy atom. The van der Waals surface area contributed by atoms with E-state index in [-0.39, 0.29) is 28.6 Å². The number of carbonyl (C=O) groups is 1. The molecule has 0 saturated heterocycles. The minimum Gasteiger partial charge on any atom is -0.392 e. The summed E-state index contributed by atoms with van der Waals surface area (Å²) in [5.41, 5.74) is -0.489. The Balaban J connectivity index is 0.000000159. The first-order valence-electron chi connectivity index (χ1n) is 9.96. The molecule has 27 heavy (non-hydrogen) atoms. The van der Waals surface area contributed by atoms with Crippen molar-refractivity contribution < 1.29 is 22.9 Å². The van der Waals surface area contributed by atoms with Crippen LogP contribution in [-0.2, 0) is 14.9 Å². The average Bonchev–Trinajstić information content (AvgIpc) is 3.06. The van der Waals surface area contributed by atoms with Gasteiger partial charge in [0.25, 0.3) is 10.1 Å². The van der Waals surface area contributed by atoms with Crippen LogP contribution in [0.15, 0.2) is 0 Å². The molecule has 0 spiro atoms. The number of ketones is 1. The Labute approximate surface area is 177 Å². The summed E-state index contributed by atoms with van der Waals surface area (Å²) >= 11 is 2.45. The zero-order valence-electron chi connectivity index (χ0n) is 16.8. The van der Waals surface area contributed by atoms with Crippen molar-refractivity contribution in [2.45, 2.75) is 72.3 Å². The molecule has 4 bridgehead atoms. The van der Waals surface area contributed by atoms with Gasteiger partial charge in [-0.05, 0) is 54.8 Å². The Bertz CT molecular complexity index is 731. The Morgan fingerprint density at radius 1 is 1.07 bits per heavy atom. The number of halogens is 1. The molecule has 5 atom stereocenters. The van der Waals surface area contributed by atoms with Crippen LogP contribution >= 0.6 is 22.6 Å². The molecule has 0 aromatic carbocycles. The maximum Gasteiger partial charge on any atom is 0.265 e. The van der Waals surface area contributed by atoms with Crippen LogP contribution in [0, 0.1) is 33.5 Å². The third-order valence-electron chi connectivity index (χ3n) is 9.19. The maximum atomic E-state index is 11.9. The first-order valence-corrected chi connectivity index (χ1v) is 13.1. The fourth-order valence-corrected chi connectivity index (χ4v) is 9.95. The molecule has 0 aromatic heterocycles. The van der Waals surface area contributed by atoms with Crippen LogP contribution in [0.1, 0.15) is 66.2 Å². The standard InChI is InChI=1S/C10H17IO.C10H16O4S/c1-9(2)7-3-4-10(9,6-11)8(12)5-7;1-9(2)7-3-4-10(9,8(11)5-7)6-15(12,13)14/h7-8,12H,3-6H2,1-2H3;7H,3-6H2,1-2H3,(H,12,13,14). The summed E-state index contributed by atoms with van der Waals surface area (Å²) in [6.07, 6.45) is 5.58. The summed E-state index contributed by atoms with van der Waals surface area (Å²) in [6.45, 7) is 8.58. The van der Waals surface area contributed by atoms with E-state index in [1.807, 2.05) is 13.8 Å². The van der Waals surface area contributed by atoms with E-state index >= 15 is 0 Å². The highest BCUT2D eigenvalue weighted by Gasteiger charge is 2.65. The van der Waals surface area contributed by atoms with Gasteiger partial charge in [-0.15, -0.1) is 0 Å². The highest BCUT2D eigenvalue weighted by atomic mass is 127. The van der Waals surface area contributed by atoms with Gasteiger partial charge in [0.2, 0.25) is 0 Å². The average molecular weight is 512 g/mol. The van der Waals surface area contributed by atoms with Crippen molar-refractivity contribution in [1.82, 2.24) is 0 Å². The van der Waals surface area contributed by atoms with Crippen LogP contribution in [0.5, 0.6) is 0 Å². The normalized spacial score (nSPS) is 43.7. The topological polar surface area (TPSA) is 91.7 Å². The third-order valence-corrected chi connectivity index (χ3v) is 11.4. The number of Topliss-reactive ketones (excluding diaryl/α,β-unsaturated/α-hetero) is 1. The molecule has 4 saturated carbocycles. The molecule has 4 aliphatic rings. The van der Waals surface area contributed by atoms with Gasteiger partial charge in [0.1, 0.15) is 5.78 Å². The van der Waals surface area contributed by atoms with Crippen molar-refractivity contribution in [3.05, 3.63) is 0 Å². The van der Waals surface area contributed by atoms with Crippen LogP contribution in [0.3, 0.4) is 0 Å². The monoisotopic (exact) mass is 512 g/mol. The van der Waals surface area contributed by atoms with Crippen molar-refractivity contribution in [3.8, 4) is 0 Å². The predicted octanol–water partition coefficient (Wildman–Crippen LogP) is 3.88. The van der Waals surface area contributed by atoms with Gasteiger partial charge < -0.3 is 5.11 Å². The second kappa shape index (κ2) is 6.64. The third kappa shape index (κ3) is 3.05. The molecule has 0 amide bonds. The maximum absolute atomic E-state index is 11.9. The van der Waals surface area contributed by atoms with Crippen molar-refractivity contribution in [2.24, 2.45) is 33.5 Å². The van der Waals surface area contributed by atoms with Crippen LogP contribution < -0.4 is 0 Å². The second-order valence-electron chi connectivity index (χ2n) is 10.4. The molecule has 4 rings (SSSR count). The van der Waals surface area contributed by atoms with Gasteiger partial charge in [0.15, 0.2) is 0 Å². The molecule has 5 nitrogen and oxygen atoms in total. The lowest BCUT2D eigenvalue weighted by Gasteiger charge is -2.39. The molecule has 7 heteroatoms. The molecule has 0 aliphatic heterocycles. The Hall–Kier alpha value is 0.270. The van der Waals surface area contributed by atoms with Crippen LogP contribution in [0.4, 0.5) is 0 Å². The number of aliphatic hydroxyl groups excluding tert-OH is 1. The van der Waals surface area contributed by atoms with Crippen molar-refractivity contribution in [3.63, 3.8) is 0 Å². The minimum absolute atomic E-state index is 0.0152. The van der Waals surface area contributed by atoms with Crippen LogP contribution in [0.2, 0.25) is 0 Å². The van der Waals surface area contributed by atoms with E-state index in [1.54, 1.807) is 0 Å². The zero-order chi connectivity index (χ0) is 20.5. The molecule has 0 heterocycles. The van der Waals surface area contributed by atoms with Gasteiger partial charge in [0.05, 0.1) is 17.3 Å². The van der Waals surface area contributed by atoms with Crippen molar-refractivity contribution in [2.75, 3.05) is 10.2 Å². The number of alkyl halides is 1. The van der Waals surface area contributed by atoms with Gasteiger partial charge in [-0.3, -0.25) is 9.35 Å². The molecule has 0 radical (unpaired) electrons. The van der Waals surface area contributed by atoms with E-state index in [0.717, 1.165) is 23.2 Å². The highest BCUT2D eigenvalue weighted by Crippen LogP contribution is 2.66. The summed E-state index contributed by atoms with van der Waals surface area (Å²) in [5.74, 6) is 0.679.